The predicted octanol–water partition coefficient (Wildman–Crippen LogP) is 1.07. The summed E-state index contributed by atoms with van der Waals surface area (Å²) < 4.78 is 0. The molecule has 0 saturated carbocycles. The van der Waals surface area contributed by atoms with E-state index in [0.29, 0.717) is 6.54 Å². The van der Waals surface area contributed by atoms with Crippen molar-refractivity contribution in [2.45, 2.75) is 6.92 Å². The lowest BCUT2D eigenvalue weighted by molar-refractivity contribution is 0.933. The molecule has 0 N–H and O–H groups in total. The Kier molecular flexibility index (Phi) is 3.75. The third-order valence-electron chi connectivity index (χ3n) is 0.268. The maximum Gasteiger partial charge on any atom is 0.0592 e. The van der Waals surface area contributed by atoms with Crippen molar-refractivity contribution in [3.05, 3.63) is 0 Å². The second-order valence-electron chi connectivity index (χ2n) is 0.689. The van der Waals surface area contributed by atoms with Crippen LogP contribution in [0.1, 0.15) is 6.92 Å². The van der Waals surface area contributed by atoms with E-state index in [-0.39, 0.29) is 0 Å². The molecule has 0 unspecified atom stereocenters. The average Bonchev–Trinajstić information content (AvgIpc) is 1.61. The van der Waals surface area contributed by atoms with Gasteiger partial charge in [0.1, 0.15) is 0 Å². The van der Waals surface area contributed by atoms with Gasteiger partial charge >= 0.3 is 0 Å². The Morgan fingerprint density at radius 2 is 2.33 bits per heavy atom. The number of rotatable bonds is 2. The van der Waals surface area contributed by atoms with Gasteiger partial charge in [-0.15, -0.1) is 5.10 Å². The van der Waals surface area contributed by atoms with E-state index in [1.807, 2.05) is 6.92 Å². The Morgan fingerprint density at radius 3 is 2.50 bits per heavy atom. The van der Waals surface area contributed by atoms with E-state index in [1.165, 1.54) is 0 Å². The van der Waals surface area contributed by atoms with E-state index in [4.69, 9.17) is 0 Å². The highest BCUT2D eigenvalue weighted by atomic mass is 15.3. The minimum absolute atomic E-state index is 0.680. The predicted molar refractivity (Wildman–Crippen MR) is 24.9 cm³/mol. The van der Waals surface area contributed by atoms with Crippen LogP contribution in [0.5, 0.6) is 0 Å². The molecule has 0 atom stereocenters. The standard InChI is InChI=1S/C3H7N3/c1-3-5-6-4-2/h2-3H2,1H3/b6-5-. The first kappa shape index (κ1) is 5.27. The maximum atomic E-state index is 3.49. The molecule has 34 valence electrons. The smallest absolute Gasteiger partial charge is 0.0592 e. The molecule has 0 fully saturated rings. The second kappa shape index (κ2) is 4.27. The van der Waals surface area contributed by atoms with Crippen molar-refractivity contribution in [1.82, 2.24) is 0 Å². The lowest BCUT2D eigenvalue weighted by Crippen LogP contribution is -1.57. The summed E-state index contributed by atoms with van der Waals surface area (Å²) in [5.41, 5.74) is 0. The van der Waals surface area contributed by atoms with Gasteiger partial charge in [-0.25, -0.2) is 0 Å². The zero-order chi connectivity index (χ0) is 4.83. The molecule has 0 heterocycles. The molecule has 0 bridgehead atoms. The normalized spacial score (nSPS) is 9.50. The van der Waals surface area contributed by atoms with Crippen LogP contribution < -0.4 is 0 Å². The Labute approximate surface area is 36.8 Å². The molecule has 0 spiro atoms. The zero-order valence-electron chi connectivity index (χ0n) is 3.76. The summed E-state index contributed by atoms with van der Waals surface area (Å²) in [6.45, 7) is 5.65. The van der Waals surface area contributed by atoms with Gasteiger partial charge in [0.05, 0.1) is 6.54 Å². The monoisotopic (exact) mass is 85.1 g/mol. The zero-order valence-corrected chi connectivity index (χ0v) is 3.76. The van der Waals surface area contributed by atoms with Crippen molar-refractivity contribution in [3.63, 3.8) is 0 Å². The molecule has 0 rings (SSSR count). The topological polar surface area (TPSA) is 37.1 Å². The highest BCUT2D eigenvalue weighted by Crippen LogP contribution is 1.69. The van der Waals surface area contributed by atoms with Crippen LogP contribution in [0.15, 0.2) is 15.4 Å². The quantitative estimate of drug-likeness (QED) is 0.273. The summed E-state index contributed by atoms with van der Waals surface area (Å²) in [7, 11) is 0. The molecular formula is C3H7N3. The highest BCUT2D eigenvalue weighted by molar-refractivity contribution is 5.22. The molecule has 0 amide bonds. The number of hydrogen-bond acceptors (Lipinski definition) is 2. The third-order valence-corrected chi connectivity index (χ3v) is 0.268. The van der Waals surface area contributed by atoms with E-state index in [2.05, 4.69) is 22.2 Å². The van der Waals surface area contributed by atoms with Crippen LogP contribution in [0.3, 0.4) is 0 Å². The molecule has 0 aliphatic rings. The number of hydrogen-bond donors (Lipinski definition) is 0. The van der Waals surface area contributed by atoms with Crippen molar-refractivity contribution < 1.29 is 0 Å². The van der Waals surface area contributed by atoms with Gasteiger partial charge in [-0.3, -0.25) is 0 Å². The van der Waals surface area contributed by atoms with Gasteiger partial charge in [-0.2, -0.15) is 5.11 Å². The molecule has 0 aliphatic heterocycles. The van der Waals surface area contributed by atoms with Gasteiger partial charge in [0.15, 0.2) is 0 Å². The van der Waals surface area contributed by atoms with Gasteiger partial charge in [0.25, 0.3) is 0 Å². The van der Waals surface area contributed by atoms with E-state index < -0.39 is 0 Å². The summed E-state index contributed by atoms with van der Waals surface area (Å²) in [6, 6.07) is 0. The van der Waals surface area contributed by atoms with E-state index in [9.17, 15) is 0 Å². The van der Waals surface area contributed by atoms with Crippen LogP contribution in [0, 0.1) is 0 Å². The molecule has 3 heteroatoms. The van der Waals surface area contributed by atoms with Crippen molar-refractivity contribution in [2.24, 2.45) is 15.4 Å². The lowest BCUT2D eigenvalue weighted by Gasteiger charge is -1.67. The van der Waals surface area contributed by atoms with Gasteiger partial charge < -0.3 is 0 Å². The lowest BCUT2D eigenvalue weighted by atomic mass is 10.8. The van der Waals surface area contributed by atoms with Crippen LogP contribution in [-0.2, 0) is 0 Å². The van der Waals surface area contributed by atoms with Crippen molar-refractivity contribution in [1.29, 1.82) is 0 Å². The van der Waals surface area contributed by atoms with E-state index >= 15 is 0 Å². The second-order valence-corrected chi connectivity index (χ2v) is 0.689. The van der Waals surface area contributed by atoms with Gasteiger partial charge in [-0.05, 0) is 6.92 Å². The molecule has 0 aromatic heterocycles. The van der Waals surface area contributed by atoms with Gasteiger partial charge in [-0.1, -0.05) is 5.22 Å². The molecule has 3 nitrogen and oxygen atoms in total. The Balaban J connectivity index is 2.94. The molecule has 0 saturated heterocycles. The maximum absolute atomic E-state index is 3.49. The van der Waals surface area contributed by atoms with E-state index in [1.54, 1.807) is 0 Å². The van der Waals surface area contributed by atoms with Gasteiger partial charge in [0.2, 0.25) is 0 Å². The summed E-state index contributed by atoms with van der Waals surface area (Å²) in [6.07, 6.45) is 0. The van der Waals surface area contributed by atoms with Crippen molar-refractivity contribution in [3.8, 4) is 0 Å². The minimum Gasteiger partial charge on any atom is -0.169 e. The highest BCUT2D eigenvalue weighted by Gasteiger charge is 1.56. The SMILES string of the molecule is C=N/N=N\CC. The molecular weight excluding hydrogens is 78.1 g/mol. The molecule has 0 aromatic carbocycles. The first-order valence-corrected chi connectivity index (χ1v) is 1.74. The fourth-order valence-electron chi connectivity index (χ4n) is 0.108. The molecule has 0 aromatic rings. The van der Waals surface area contributed by atoms with Crippen molar-refractivity contribution in [2.75, 3.05) is 6.54 Å². The van der Waals surface area contributed by atoms with Crippen LogP contribution in [0.25, 0.3) is 0 Å². The number of nitrogens with zero attached hydrogens (tertiary/aromatic N) is 3. The first-order valence-electron chi connectivity index (χ1n) is 1.74. The van der Waals surface area contributed by atoms with Crippen LogP contribution in [0.4, 0.5) is 0 Å². The Morgan fingerprint density at radius 1 is 1.67 bits per heavy atom. The molecule has 6 heavy (non-hydrogen) atoms. The summed E-state index contributed by atoms with van der Waals surface area (Å²) in [4.78, 5) is 0. The Bertz CT molecular complexity index is 57.1. The van der Waals surface area contributed by atoms with Gasteiger partial charge in [0, 0.05) is 6.72 Å². The van der Waals surface area contributed by atoms with Crippen molar-refractivity contribution >= 4 is 6.72 Å². The van der Waals surface area contributed by atoms with Crippen LogP contribution in [-0.4, -0.2) is 13.3 Å². The molecule has 0 aliphatic carbocycles. The fourth-order valence-corrected chi connectivity index (χ4v) is 0.108. The third kappa shape index (κ3) is 3.27. The fraction of sp³-hybridized carbons (Fsp3) is 0.667. The average molecular weight is 85.1 g/mol. The molecule has 0 radical (unpaired) electrons. The van der Waals surface area contributed by atoms with Crippen LogP contribution in [0.2, 0.25) is 0 Å². The summed E-state index contributed by atoms with van der Waals surface area (Å²) in [5.74, 6) is 0. The van der Waals surface area contributed by atoms with E-state index in [0.717, 1.165) is 0 Å². The Hall–Kier alpha value is -0.730. The first-order chi connectivity index (χ1) is 2.91. The minimum atomic E-state index is 0.680. The largest absolute Gasteiger partial charge is 0.169 e. The summed E-state index contributed by atoms with van der Waals surface area (Å²) in [5, 5.41) is 9.85. The van der Waals surface area contributed by atoms with Crippen LogP contribution >= 0.6 is 0 Å². The summed E-state index contributed by atoms with van der Waals surface area (Å²) >= 11 is 0.